The Kier molecular flexibility index (Phi) is 4.96. The third-order valence-corrected chi connectivity index (χ3v) is 4.62. The van der Waals surface area contributed by atoms with Crippen LogP contribution in [0.5, 0.6) is 0 Å². The number of nitrogens with zero attached hydrogens (tertiary/aromatic N) is 2. The predicted molar refractivity (Wildman–Crippen MR) is 94.8 cm³/mol. The molecule has 0 atom stereocenters. The van der Waals surface area contributed by atoms with Gasteiger partial charge in [0.1, 0.15) is 0 Å². The summed E-state index contributed by atoms with van der Waals surface area (Å²) < 4.78 is 0. The first-order valence-corrected chi connectivity index (χ1v) is 8.51. The minimum atomic E-state index is -0.968. The largest absolute Gasteiger partial charge is 0.478 e. The Hall–Kier alpha value is -2.60. The number of carboxylic acid groups (broad SMARTS) is 1. The number of hydrogen-bond donors (Lipinski definition) is 1. The van der Waals surface area contributed by atoms with Crippen molar-refractivity contribution in [3.05, 3.63) is 65.7 Å². The molecule has 0 radical (unpaired) electrons. The number of aromatic carboxylic acids is 1. The van der Waals surface area contributed by atoms with Gasteiger partial charge in [-0.3, -0.25) is 9.69 Å². The SMILES string of the molecule is O=C(O)c1ccc(N=C2SCC(=O)N2CCc2ccccc2)cc1. The molecule has 1 aliphatic heterocycles. The van der Waals surface area contributed by atoms with Gasteiger partial charge in [-0.25, -0.2) is 9.79 Å². The predicted octanol–water partition coefficient (Wildman–Crippen LogP) is 3.19. The summed E-state index contributed by atoms with van der Waals surface area (Å²) in [5.41, 5.74) is 2.03. The second-order valence-electron chi connectivity index (χ2n) is 5.32. The standard InChI is InChI=1S/C18H16N2O3S/c21-16-12-24-18(19-15-8-6-14(7-9-15)17(22)23)20(16)11-10-13-4-2-1-3-5-13/h1-9H,10-12H2,(H,22,23). The van der Waals surface area contributed by atoms with Gasteiger partial charge in [0.2, 0.25) is 5.91 Å². The van der Waals surface area contributed by atoms with Crippen LogP contribution >= 0.6 is 11.8 Å². The van der Waals surface area contributed by atoms with Crippen LogP contribution in [0.2, 0.25) is 0 Å². The fourth-order valence-corrected chi connectivity index (χ4v) is 3.30. The van der Waals surface area contributed by atoms with Gasteiger partial charge < -0.3 is 5.11 Å². The summed E-state index contributed by atoms with van der Waals surface area (Å²) in [6.45, 7) is 0.585. The van der Waals surface area contributed by atoms with E-state index < -0.39 is 5.97 Å². The highest BCUT2D eigenvalue weighted by atomic mass is 32.2. The number of hydrogen-bond acceptors (Lipinski definition) is 4. The molecule has 0 bridgehead atoms. The number of benzene rings is 2. The number of carboxylic acids is 1. The molecule has 0 unspecified atom stereocenters. The Bertz CT molecular complexity index is 773. The average molecular weight is 340 g/mol. The van der Waals surface area contributed by atoms with E-state index in [2.05, 4.69) is 4.99 Å². The number of amidine groups is 1. The number of amides is 1. The normalized spacial score (nSPS) is 15.9. The summed E-state index contributed by atoms with van der Waals surface area (Å²) in [4.78, 5) is 29.2. The van der Waals surface area contributed by atoms with Crippen molar-refractivity contribution in [1.82, 2.24) is 4.90 Å². The molecular weight excluding hydrogens is 324 g/mol. The minimum Gasteiger partial charge on any atom is -0.478 e. The van der Waals surface area contributed by atoms with E-state index in [4.69, 9.17) is 5.11 Å². The molecule has 1 heterocycles. The molecule has 2 aromatic rings. The molecule has 0 aliphatic carbocycles. The van der Waals surface area contributed by atoms with E-state index in [1.807, 2.05) is 30.3 Å². The van der Waals surface area contributed by atoms with Gasteiger partial charge in [0.05, 0.1) is 17.0 Å². The van der Waals surface area contributed by atoms with Crippen LogP contribution in [0, 0.1) is 0 Å². The molecular formula is C18H16N2O3S. The lowest BCUT2D eigenvalue weighted by Gasteiger charge is -2.16. The lowest BCUT2D eigenvalue weighted by atomic mass is 10.1. The van der Waals surface area contributed by atoms with Crippen LogP contribution in [0.4, 0.5) is 5.69 Å². The number of thioether (sulfide) groups is 1. The molecule has 1 N–H and O–H groups in total. The molecule has 1 aliphatic rings. The molecule has 2 aromatic carbocycles. The highest BCUT2D eigenvalue weighted by Crippen LogP contribution is 2.24. The third-order valence-electron chi connectivity index (χ3n) is 3.66. The van der Waals surface area contributed by atoms with Crippen molar-refractivity contribution >= 4 is 34.5 Å². The van der Waals surface area contributed by atoms with E-state index in [-0.39, 0.29) is 11.5 Å². The fraction of sp³-hybridized carbons (Fsp3) is 0.167. The molecule has 24 heavy (non-hydrogen) atoms. The average Bonchev–Trinajstić information content (AvgIpc) is 2.94. The van der Waals surface area contributed by atoms with Gasteiger partial charge in [0.25, 0.3) is 0 Å². The molecule has 122 valence electrons. The van der Waals surface area contributed by atoms with E-state index >= 15 is 0 Å². The van der Waals surface area contributed by atoms with E-state index in [1.54, 1.807) is 17.0 Å². The smallest absolute Gasteiger partial charge is 0.335 e. The Balaban J connectivity index is 1.73. The van der Waals surface area contributed by atoms with Crippen LogP contribution in [0.25, 0.3) is 0 Å². The molecule has 0 aromatic heterocycles. The van der Waals surface area contributed by atoms with Crippen molar-refractivity contribution in [1.29, 1.82) is 0 Å². The molecule has 5 nitrogen and oxygen atoms in total. The van der Waals surface area contributed by atoms with E-state index in [9.17, 15) is 9.59 Å². The quantitative estimate of drug-likeness (QED) is 0.907. The van der Waals surface area contributed by atoms with Gasteiger partial charge in [-0.15, -0.1) is 0 Å². The van der Waals surface area contributed by atoms with Crippen LogP contribution in [-0.2, 0) is 11.2 Å². The number of rotatable bonds is 5. The van der Waals surface area contributed by atoms with Gasteiger partial charge in [-0.1, -0.05) is 42.1 Å². The van der Waals surface area contributed by atoms with Gasteiger partial charge in [0.15, 0.2) is 5.17 Å². The van der Waals surface area contributed by atoms with Crippen LogP contribution in [0.3, 0.4) is 0 Å². The lowest BCUT2D eigenvalue weighted by molar-refractivity contribution is -0.124. The van der Waals surface area contributed by atoms with Crippen molar-refractivity contribution in [3.8, 4) is 0 Å². The van der Waals surface area contributed by atoms with Gasteiger partial charge in [-0.05, 0) is 36.2 Å². The van der Waals surface area contributed by atoms with Gasteiger partial charge >= 0.3 is 5.97 Å². The first-order chi connectivity index (χ1) is 11.6. The van der Waals surface area contributed by atoms with Crippen LogP contribution < -0.4 is 0 Å². The van der Waals surface area contributed by atoms with E-state index in [1.165, 1.54) is 29.5 Å². The molecule has 1 saturated heterocycles. The molecule has 0 saturated carbocycles. The Morgan fingerprint density at radius 1 is 1.12 bits per heavy atom. The second kappa shape index (κ2) is 7.31. The van der Waals surface area contributed by atoms with E-state index in [0.29, 0.717) is 23.2 Å². The van der Waals surface area contributed by atoms with Gasteiger partial charge in [-0.2, -0.15) is 0 Å². The number of carbonyl (C=O) groups is 2. The van der Waals surface area contributed by atoms with Gasteiger partial charge in [0, 0.05) is 6.54 Å². The fourth-order valence-electron chi connectivity index (χ4n) is 2.38. The molecule has 1 fully saturated rings. The lowest BCUT2D eigenvalue weighted by Crippen LogP contribution is -2.31. The molecule has 3 rings (SSSR count). The summed E-state index contributed by atoms with van der Waals surface area (Å²) in [5, 5.41) is 9.59. The molecule has 0 spiro atoms. The summed E-state index contributed by atoms with van der Waals surface area (Å²) >= 11 is 1.41. The summed E-state index contributed by atoms with van der Waals surface area (Å²) in [5.74, 6) is -0.526. The van der Waals surface area contributed by atoms with Crippen molar-refractivity contribution < 1.29 is 14.7 Å². The first-order valence-electron chi connectivity index (χ1n) is 7.52. The number of carbonyl (C=O) groups excluding carboxylic acids is 1. The monoisotopic (exact) mass is 340 g/mol. The molecule has 6 heteroatoms. The Labute approximate surface area is 144 Å². The number of aliphatic imine (C=N–C) groups is 1. The van der Waals surface area contributed by atoms with Crippen molar-refractivity contribution in [2.75, 3.05) is 12.3 Å². The highest BCUT2D eigenvalue weighted by molar-refractivity contribution is 8.15. The summed E-state index contributed by atoms with van der Waals surface area (Å²) in [6, 6.07) is 16.3. The summed E-state index contributed by atoms with van der Waals surface area (Å²) in [7, 11) is 0. The van der Waals surface area contributed by atoms with Crippen LogP contribution in [0.15, 0.2) is 59.6 Å². The Morgan fingerprint density at radius 3 is 2.50 bits per heavy atom. The maximum atomic E-state index is 12.1. The summed E-state index contributed by atoms with van der Waals surface area (Å²) in [6.07, 6.45) is 0.768. The highest BCUT2D eigenvalue weighted by Gasteiger charge is 2.27. The zero-order valence-electron chi connectivity index (χ0n) is 12.9. The van der Waals surface area contributed by atoms with Crippen LogP contribution in [0.1, 0.15) is 15.9 Å². The van der Waals surface area contributed by atoms with Crippen molar-refractivity contribution in [2.45, 2.75) is 6.42 Å². The first kappa shape index (κ1) is 16.3. The maximum Gasteiger partial charge on any atom is 0.335 e. The molecule has 1 amide bonds. The van der Waals surface area contributed by atoms with E-state index in [0.717, 1.165) is 6.42 Å². The topological polar surface area (TPSA) is 70.0 Å². The zero-order chi connectivity index (χ0) is 16.9. The maximum absolute atomic E-state index is 12.1. The van der Waals surface area contributed by atoms with Crippen molar-refractivity contribution in [2.24, 2.45) is 4.99 Å². The van der Waals surface area contributed by atoms with Crippen LogP contribution in [-0.4, -0.2) is 39.3 Å². The third kappa shape index (κ3) is 3.83. The Morgan fingerprint density at radius 2 is 1.83 bits per heavy atom. The second-order valence-corrected chi connectivity index (χ2v) is 6.26. The van der Waals surface area contributed by atoms with Crippen molar-refractivity contribution in [3.63, 3.8) is 0 Å². The minimum absolute atomic E-state index is 0.0526. The zero-order valence-corrected chi connectivity index (χ0v) is 13.7.